The van der Waals surface area contributed by atoms with E-state index in [1.807, 2.05) is 59.5 Å². The molecular weight excluding hydrogens is 302 g/mol. The number of amides is 1. The van der Waals surface area contributed by atoms with Crippen LogP contribution in [-0.2, 0) is 0 Å². The quantitative estimate of drug-likeness (QED) is 0.759. The summed E-state index contributed by atoms with van der Waals surface area (Å²) in [6, 6.07) is 17.1. The SMILES string of the molecule is O=C(c1cccc(OCCOc2ccccc2)c1)N1CCCCC1. The van der Waals surface area contributed by atoms with Gasteiger partial charge in [0.05, 0.1) is 0 Å². The number of rotatable bonds is 6. The standard InChI is InChI=1S/C20H23NO3/c22-20(21-12-5-2-6-13-21)17-8-7-11-19(16-17)24-15-14-23-18-9-3-1-4-10-18/h1,3-4,7-11,16H,2,5-6,12-15H2. The molecule has 24 heavy (non-hydrogen) atoms. The second-order valence-electron chi connectivity index (χ2n) is 5.89. The largest absolute Gasteiger partial charge is 0.490 e. The Balaban J connectivity index is 1.50. The average Bonchev–Trinajstić information content (AvgIpc) is 2.66. The maximum absolute atomic E-state index is 12.5. The van der Waals surface area contributed by atoms with Crippen LogP contribution in [0.15, 0.2) is 54.6 Å². The molecule has 0 bridgehead atoms. The van der Waals surface area contributed by atoms with Gasteiger partial charge in [-0.3, -0.25) is 4.79 Å². The average molecular weight is 325 g/mol. The van der Waals surface area contributed by atoms with Crippen LogP contribution >= 0.6 is 0 Å². The number of ether oxygens (including phenoxy) is 2. The Morgan fingerprint density at radius 2 is 1.50 bits per heavy atom. The van der Waals surface area contributed by atoms with Crippen molar-refractivity contribution in [3.05, 3.63) is 60.2 Å². The lowest BCUT2D eigenvalue weighted by Gasteiger charge is -2.26. The van der Waals surface area contributed by atoms with Crippen molar-refractivity contribution in [2.24, 2.45) is 0 Å². The van der Waals surface area contributed by atoms with E-state index in [-0.39, 0.29) is 5.91 Å². The predicted molar refractivity (Wildman–Crippen MR) is 93.6 cm³/mol. The topological polar surface area (TPSA) is 38.8 Å². The van der Waals surface area contributed by atoms with Gasteiger partial charge in [0.1, 0.15) is 24.7 Å². The predicted octanol–water partition coefficient (Wildman–Crippen LogP) is 3.77. The highest BCUT2D eigenvalue weighted by Gasteiger charge is 2.18. The Kier molecular flexibility index (Phi) is 5.72. The van der Waals surface area contributed by atoms with Gasteiger partial charge in [-0.15, -0.1) is 0 Å². The molecule has 4 heteroatoms. The molecule has 0 unspecified atom stereocenters. The minimum absolute atomic E-state index is 0.0979. The molecule has 1 amide bonds. The molecule has 3 rings (SSSR count). The molecule has 0 aromatic heterocycles. The van der Waals surface area contributed by atoms with E-state index in [4.69, 9.17) is 9.47 Å². The Labute approximate surface area is 143 Å². The van der Waals surface area contributed by atoms with Crippen molar-refractivity contribution < 1.29 is 14.3 Å². The third-order valence-electron chi connectivity index (χ3n) is 4.09. The molecular formula is C20H23NO3. The van der Waals surface area contributed by atoms with Crippen molar-refractivity contribution in [2.45, 2.75) is 19.3 Å². The lowest BCUT2D eigenvalue weighted by atomic mass is 10.1. The minimum atomic E-state index is 0.0979. The van der Waals surface area contributed by atoms with Crippen LogP contribution in [-0.4, -0.2) is 37.1 Å². The van der Waals surface area contributed by atoms with Gasteiger partial charge in [-0.2, -0.15) is 0 Å². The maximum atomic E-state index is 12.5. The summed E-state index contributed by atoms with van der Waals surface area (Å²) in [6.45, 7) is 2.62. The van der Waals surface area contributed by atoms with Gasteiger partial charge in [-0.05, 0) is 49.6 Å². The van der Waals surface area contributed by atoms with E-state index >= 15 is 0 Å². The van der Waals surface area contributed by atoms with Crippen LogP contribution in [0.1, 0.15) is 29.6 Å². The highest BCUT2D eigenvalue weighted by molar-refractivity contribution is 5.94. The molecule has 0 atom stereocenters. The molecule has 1 fully saturated rings. The summed E-state index contributed by atoms with van der Waals surface area (Å²) in [6.07, 6.45) is 3.41. The van der Waals surface area contributed by atoms with E-state index in [0.29, 0.717) is 24.5 Å². The molecule has 1 heterocycles. The lowest BCUT2D eigenvalue weighted by molar-refractivity contribution is 0.0724. The van der Waals surface area contributed by atoms with Crippen LogP contribution in [0, 0.1) is 0 Å². The molecule has 4 nitrogen and oxygen atoms in total. The number of likely N-dealkylation sites (tertiary alicyclic amines) is 1. The van der Waals surface area contributed by atoms with Crippen molar-refractivity contribution in [1.82, 2.24) is 4.90 Å². The fourth-order valence-electron chi connectivity index (χ4n) is 2.83. The number of nitrogens with zero attached hydrogens (tertiary/aromatic N) is 1. The molecule has 1 saturated heterocycles. The number of hydrogen-bond acceptors (Lipinski definition) is 3. The zero-order valence-electron chi connectivity index (χ0n) is 13.8. The zero-order valence-corrected chi connectivity index (χ0v) is 13.8. The summed E-state index contributed by atoms with van der Waals surface area (Å²) in [5.74, 6) is 1.63. The Hall–Kier alpha value is -2.49. The first-order chi connectivity index (χ1) is 11.8. The minimum Gasteiger partial charge on any atom is -0.490 e. The second-order valence-corrected chi connectivity index (χ2v) is 5.89. The Morgan fingerprint density at radius 1 is 0.833 bits per heavy atom. The first-order valence-electron chi connectivity index (χ1n) is 8.53. The van der Waals surface area contributed by atoms with Crippen LogP contribution in [0.5, 0.6) is 11.5 Å². The Bertz CT molecular complexity index is 651. The summed E-state index contributed by atoms with van der Waals surface area (Å²) in [4.78, 5) is 14.4. The highest BCUT2D eigenvalue weighted by Crippen LogP contribution is 2.18. The van der Waals surface area contributed by atoms with Crippen LogP contribution in [0.25, 0.3) is 0 Å². The van der Waals surface area contributed by atoms with Gasteiger partial charge < -0.3 is 14.4 Å². The summed E-state index contributed by atoms with van der Waals surface area (Å²) in [5, 5.41) is 0. The van der Waals surface area contributed by atoms with Gasteiger partial charge in [0.25, 0.3) is 5.91 Å². The third-order valence-corrected chi connectivity index (χ3v) is 4.09. The highest BCUT2D eigenvalue weighted by atomic mass is 16.5. The van der Waals surface area contributed by atoms with Gasteiger partial charge in [0.15, 0.2) is 0 Å². The van der Waals surface area contributed by atoms with Gasteiger partial charge in [-0.1, -0.05) is 24.3 Å². The van der Waals surface area contributed by atoms with Crippen molar-refractivity contribution in [1.29, 1.82) is 0 Å². The van der Waals surface area contributed by atoms with Gasteiger partial charge >= 0.3 is 0 Å². The smallest absolute Gasteiger partial charge is 0.253 e. The van der Waals surface area contributed by atoms with E-state index < -0.39 is 0 Å². The number of para-hydroxylation sites is 1. The van der Waals surface area contributed by atoms with E-state index in [0.717, 1.165) is 31.7 Å². The van der Waals surface area contributed by atoms with Crippen LogP contribution < -0.4 is 9.47 Å². The van der Waals surface area contributed by atoms with Crippen molar-refractivity contribution in [3.8, 4) is 11.5 Å². The van der Waals surface area contributed by atoms with E-state index in [1.54, 1.807) is 0 Å². The lowest BCUT2D eigenvalue weighted by Crippen LogP contribution is -2.35. The van der Waals surface area contributed by atoms with Crippen molar-refractivity contribution in [3.63, 3.8) is 0 Å². The summed E-state index contributed by atoms with van der Waals surface area (Å²) >= 11 is 0. The normalized spacial score (nSPS) is 14.2. The fourth-order valence-corrected chi connectivity index (χ4v) is 2.83. The van der Waals surface area contributed by atoms with Crippen LogP contribution in [0.3, 0.4) is 0 Å². The number of carbonyl (C=O) groups excluding carboxylic acids is 1. The molecule has 1 aliphatic heterocycles. The fraction of sp³-hybridized carbons (Fsp3) is 0.350. The monoisotopic (exact) mass is 325 g/mol. The number of piperidine rings is 1. The third kappa shape index (κ3) is 4.51. The van der Waals surface area contributed by atoms with Crippen LogP contribution in [0.4, 0.5) is 0 Å². The number of hydrogen-bond donors (Lipinski definition) is 0. The second kappa shape index (κ2) is 8.39. The van der Waals surface area contributed by atoms with E-state index in [1.165, 1.54) is 6.42 Å². The van der Waals surface area contributed by atoms with Crippen molar-refractivity contribution >= 4 is 5.91 Å². The Morgan fingerprint density at radius 3 is 2.25 bits per heavy atom. The first kappa shape index (κ1) is 16.4. The molecule has 2 aromatic carbocycles. The molecule has 0 aliphatic carbocycles. The molecule has 1 aliphatic rings. The summed E-state index contributed by atoms with van der Waals surface area (Å²) < 4.78 is 11.3. The van der Waals surface area contributed by atoms with Gasteiger partial charge in [0, 0.05) is 18.7 Å². The molecule has 0 radical (unpaired) electrons. The van der Waals surface area contributed by atoms with Crippen LogP contribution in [0.2, 0.25) is 0 Å². The summed E-state index contributed by atoms with van der Waals surface area (Å²) in [5.41, 5.74) is 0.693. The number of carbonyl (C=O) groups is 1. The molecule has 126 valence electrons. The van der Waals surface area contributed by atoms with E-state index in [9.17, 15) is 4.79 Å². The molecule has 0 saturated carbocycles. The van der Waals surface area contributed by atoms with E-state index in [2.05, 4.69) is 0 Å². The first-order valence-corrected chi connectivity index (χ1v) is 8.53. The molecule has 0 N–H and O–H groups in total. The molecule has 0 spiro atoms. The summed E-state index contributed by atoms with van der Waals surface area (Å²) in [7, 11) is 0. The molecule has 2 aromatic rings. The number of benzene rings is 2. The zero-order chi connectivity index (χ0) is 16.6. The van der Waals surface area contributed by atoms with Gasteiger partial charge in [-0.25, -0.2) is 0 Å². The maximum Gasteiger partial charge on any atom is 0.253 e. The van der Waals surface area contributed by atoms with Crippen molar-refractivity contribution in [2.75, 3.05) is 26.3 Å². The van der Waals surface area contributed by atoms with Gasteiger partial charge in [0.2, 0.25) is 0 Å².